The lowest BCUT2D eigenvalue weighted by atomic mass is 10.4. The van der Waals surface area contributed by atoms with Crippen LogP contribution in [0.25, 0.3) is 0 Å². The molecule has 0 radical (unpaired) electrons. The molecule has 10 heavy (non-hydrogen) atoms. The van der Waals surface area contributed by atoms with Crippen LogP contribution in [0.4, 0.5) is 4.39 Å². The van der Waals surface area contributed by atoms with Crippen molar-refractivity contribution in [1.82, 2.24) is 0 Å². The molecule has 0 heterocycles. The molecule has 56 valence electrons. The first-order valence-electron chi connectivity index (χ1n) is 2.58. The lowest BCUT2D eigenvalue weighted by molar-refractivity contribution is 0.410. The van der Waals surface area contributed by atoms with Crippen LogP contribution in [-0.2, 0) is 0 Å². The third kappa shape index (κ3) is 3.65. The van der Waals surface area contributed by atoms with E-state index in [1.54, 1.807) is 0 Å². The predicted molar refractivity (Wildman–Crippen MR) is 38.3 cm³/mol. The lowest BCUT2D eigenvalue weighted by Gasteiger charge is -1.89. The van der Waals surface area contributed by atoms with Crippen molar-refractivity contribution >= 4 is 6.21 Å². The zero-order valence-electron chi connectivity index (χ0n) is 5.63. The summed E-state index contributed by atoms with van der Waals surface area (Å²) in [5, 5.41) is 8.36. The number of hydrogen-bond acceptors (Lipinski definition) is 3. The lowest BCUT2D eigenvalue weighted by Crippen LogP contribution is -1.95. The summed E-state index contributed by atoms with van der Waals surface area (Å²) in [5.74, 6) is -1.12. The van der Waals surface area contributed by atoms with Crippen molar-refractivity contribution in [3.63, 3.8) is 0 Å². The number of nitrogens with two attached hydrogens (primary N) is 1. The first-order chi connectivity index (χ1) is 4.54. The molecule has 3 nitrogen and oxygen atoms in total. The topological polar surface area (TPSA) is 58.6 Å². The minimum absolute atomic E-state index is 0.0185. The van der Waals surface area contributed by atoms with Crippen LogP contribution >= 0.6 is 0 Å². The molecule has 0 amide bonds. The maximum Gasteiger partial charge on any atom is 0.203 e. The summed E-state index contributed by atoms with van der Waals surface area (Å²) < 4.78 is 12.3. The number of halogens is 1. The molecule has 0 rings (SSSR count). The van der Waals surface area contributed by atoms with E-state index >= 15 is 0 Å². The van der Waals surface area contributed by atoms with Crippen LogP contribution in [0.5, 0.6) is 0 Å². The average Bonchev–Trinajstić information content (AvgIpc) is 1.82. The van der Waals surface area contributed by atoms with Gasteiger partial charge < -0.3 is 10.8 Å². The van der Waals surface area contributed by atoms with Crippen molar-refractivity contribution in [3.05, 3.63) is 24.0 Å². The predicted octanol–water partition coefficient (Wildman–Crippen LogP) is 1.25. The third-order valence-corrected chi connectivity index (χ3v) is 0.704. The molecule has 3 N–H and O–H groups in total. The van der Waals surface area contributed by atoms with Crippen molar-refractivity contribution in [2.24, 2.45) is 10.7 Å². The van der Waals surface area contributed by atoms with Gasteiger partial charge in [-0.3, -0.25) is 0 Å². The molecule has 0 saturated heterocycles. The van der Waals surface area contributed by atoms with Crippen LogP contribution in [-0.4, -0.2) is 11.3 Å². The van der Waals surface area contributed by atoms with Gasteiger partial charge in [-0.05, 0) is 13.5 Å². The number of rotatable bonds is 2. The van der Waals surface area contributed by atoms with E-state index in [-0.39, 0.29) is 5.70 Å². The number of aliphatic hydroxyl groups excluding tert-OH is 1. The Bertz CT molecular complexity index is 192. The molecule has 0 fully saturated rings. The zero-order valence-corrected chi connectivity index (χ0v) is 5.63. The van der Waals surface area contributed by atoms with Gasteiger partial charge in [-0.25, -0.2) is 9.38 Å². The van der Waals surface area contributed by atoms with E-state index in [1.165, 1.54) is 6.92 Å². The summed E-state index contributed by atoms with van der Waals surface area (Å²) in [6.07, 6.45) is 0.803. The van der Waals surface area contributed by atoms with E-state index in [9.17, 15) is 4.39 Å². The minimum Gasteiger partial charge on any atom is -0.494 e. The van der Waals surface area contributed by atoms with Gasteiger partial charge in [0.15, 0.2) is 5.83 Å². The Labute approximate surface area is 58.4 Å². The Morgan fingerprint density at radius 1 is 1.80 bits per heavy atom. The SMILES string of the molecule is C=C(O)N=C/C(F)=C(/C)N. The van der Waals surface area contributed by atoms with Crippen LogP contribution in [0.15, 0.2) is 29.0 Å². The molecule has 0 unspecified atom stereocenters. The Morgan fingerprint density at radius 3 is 2.60 bits per heavy atom. The van der Waals surface area contributed by atoms with Crippen molar-refractivity contribution in [1.29, 1.82) is 0 Å². The van der Waals surface area contributed by atoms with E-state index in [0.29, 0.717) is 0 Å². The summed E-state index contributed by atoms with van der Waals surface area (Å²) in [5.41, 5.74) is 5.04. The average molecular weight is 144 g/mol. The minimum atomic E-state index is -0.671. The Morgan fingerprint density at radius 2 is 2.30 bits per heavy atom. The summed E-state index contributed by atoms with van der Waals surface area (Å²) in [6.45, 7) is 4.40. The Kier molecular flexibility index (Phi) is 3.17. The first-order valence-corrected chi connectivity index (χ1v) is 2.58. The molecule has 0 aliphatic heterocycles. The first kappa shape index (κ1) is 8.68. The Balaban J connectivity index is 4.16. The fourth-order valence-corrected chi connectivity index (χ4v) is 0.233. The summed E-state index contributed by atoms with van der Waals surface area (Å²) in [6, 6.07) is 0. The van der Waals surface area contributed by atoms with E-state index in [4.69, 9.17) is 10.8 Å². The highest BCUT2D eigenvalue weighted by atomic mass is 19.1. The van der Waals surface area contributed by atoms with Gasteiger partial charge in [-0.1, -0.05) is 0 Å². The van der Waals surface area contributed by atoms with Gasteiger partial charge in [0.1, 0.15) is 0 Å². The number of allylic oxidation sites excluding steroid dienone is 2. The van der Waals surface area contributed by atoms with E-state index in [0.717, 1.165) is 6.21 Å². The fraction of sp³-hybridized carbons (Fsp3) is 0.167. The largest absolute Gasteiger partial charge is 0.494 e. The molecule has 0 aliphatic carbocycles. The molecule has 0 bridgehead atoms. The second-order valence-corrected chi connectivity index (χ2v) is 1.71. The molecule has 0 spiro atoms. The summed E-state index contributed by atoms with van der Waals surface area (Å²) in [4.78, 5) is 3.17. The Hall–Kier alpha value is -1.32. The molecule has 0 saturated carbocycles. The van der Waals surface area contributed by atoms with Gasteiger partial charge in [-0.15, -0.1) is 0 Å². The van der Waals surface area contributed by atoms with E-state index in [1.807, 2.05) is 0 Å². The highest BCUT2D eigenvalue weighted by Crippen LogP contribution is 1.96. The van der Waals surface area contributed by atoms with Crippen LogP contribution < -0.4 is 5.73 Å². The summed E-state index contributed by atoms with van der Waals surface area (Å²) >= 11 is 0. The van der Waals surface area contributed by atoms with E-state index in [2.05, 4.69) is 11.6 Å². The molecule has 0 aromatic heterocycles. The number of hydrogen-bond donors (Lipinski definition) is 2. The number of aliphatic imine (C=N–C) groups is 1. The molecule has 0 aromatic rings. The molecule has 0 aromatic carbocycles. The molecule has 4 heteroatoms. The standard InChI is InChI=1S/C6H9FN2O/c1-4(8)6(7)3-9-5(2)10/h3,10H,2,8H2,1H3/b6-4+,9-3?. The van der Waals surface area contributed by atoms with Crippen molar-refractivity contribution in [2.45, 2.75) is 6.92 Å². The quantitative estimate of drug-likeness (QED) is 0.452. The van der Waals surface area contributed by atoms with Gasteiger partial charge in [-0.2, -0.15) is 0 Å². The van der Waals surface area contributed by atoms with Gasteiger partial charge in [0.05, 0.1) is 6.21 Å². The molecule has 0 atom stereocenters. The van der Waals surface area contributed by atoms with Gasteiger partial charge in [0.25, 0.3) is 0 Å². The van der Waals surface area contributed by atoms with Crippen LogP contribution in [0.3, 0.4) is 0 Å². The normalized spacial score (nSPS) is 13.4. The summed E-state index contributed by atoms with van der Waals surface area (Å²) in [7, 11) is 0. The van der Waals surface area contributed by atoms with Gasteiger partial charge >= 0.3 is 0 Å². The van der Waals surface area contributed by atoms with Crippen LogP contribution in [0, 0.1) is 0 Å². The second-order valence-electron chi connectivity index (χ2n) is 1.71. The molecular weight excluding hydrogens is 135 g/mol. The zero-order chi connectivity index (χ0) is 8.15. The number of aliphatic hydroxyl groups is 1. The smallest absolute Gasteiger partial charge is 0.203 e. The monoisotopic (exact) mass is 144 g/mol. The third-order valence-electron chi connectivity index (χ3n) is 0.704. The molecule has 0 aliphatic rings. The second kappa shape index (κ2) is 3.66. The van der Waals surface area contributed by atoms with Crippen LogP contribution in [0.1, 0.15) is 6.92 Å². The van der Waals surface area contributed by atoms with Gasteiger partial charge in [0, 0.05) is 5.70 Å². The number of nitrogens with zero attached hydrogens (tertiary/aromatic N) is 1. The van der Waals surface area contributed by atoms with Crippen molar-refractivity contribution in [2.75, 3.05) is 0 Å². The molecular formula is C6H9FN2O. The fourth-order valence-electron chi connectivity index (χ4n) is 0.233. The maximum absolute atomic E-state index is 12.3. The van der Waals surface area contributed by atoms with Crippen molar-refractivity contribution < 1.29 is 9.50 Å². The van der Waals surface area contributed by atoms with E-state index < -0.39 is 11.7 Å². The highest BCUT2D eigenvalue weighted by Gasteiger charge is 1.91. The van der Waals surface area contributed by atoms with Crippen LogP contribution in [0.2, 0.25) is 0 Å². The highest BCUT2D eigenvalue weighted by molar-refractivity contribution is 5.77. The van der Waals surface area contributed by atoms with Gasteiger partial charge in [0.2, 0.25) is 5.88 Å². The van der Waals surface area contributed by atoms with Crippen molar-refractivity contribution in [3.8, 4) is 0 Å². The maximum atomic E-state index is 12.3.